The van der Waals surface area contributed by atoms with Crippen LogP contribution in [0.1, 0.15) is 36.8 Å². The quantitative estimate of drug-likeness (QED) is 0.889. The molecule has 1 unspecified atom stereocenters. The molecule has 0 amide bonds. The molecule has 1 heterocycles. The number of fused-ring (bicyclic) bond motifs is 1. The number of hydrogen-bond donors (Lipinski definition) is 1. The Labute approximate surface area is 130 Å². The summed E-state index contributed by atoms with van der Waals surface area (Å²) >= 11 is 0. The average Bonchev–Trinajstić information content (AvgIpc) is 2.52. The maximum absolute atomic E-state index is 13.9. The fourth-order valence-corrected chi connectivity index (χ4v) is 3.66. The van der Waals surface area contributed by atoms with Gasteiger partial charge in [-0.05, 0) is 36.1 Å². The van der Waals surface area contributed by atoms with E-state index in [0.29, 0.717) is 12.6 Å². The molecule has 114 valence electrons. The summed E-state index contributed by atoms with van der Waals surface area (Å²) in [4.78, 5) is 0. The van der Waals surface area contributed by atoms with Gasteiger partial charge in [-0.15, -0.1) is 0 Å². The van der Waals surface area contributed by atoms with Crippen LogP contribution in [-0.2, 0) is 10.3 Å². The minimum atomic E-state index is -0.533. The molecule has 2 nitrogen and oxygen atoms in total. The first kappa shape index (κ1) is 13.8. The Hall–Kier alpha value is -1.87. The van der Waals surface area contributed by atoms with Crippen molar-refractivity contribution in [2.24, 2.45) is 5.92 Å². The van der Waals surface area contributed by atoms with E-state index in [1.165, 1.54) is 25.3 Å². The van der Waals surface area contributed by atoms with Crippen molar-refractivity contribution in [1.29, 1.82) is 0 Å². The summed E-state index contributed by atoms with van der Waals surface area (Å²) in [7, 11) is 0. The first-order valence-corrected chi connectivity index (χ1v) is 8.01. The molecule has 1 atom stereocenters. The normalized spacial score (nSPS) is 24.2. The predicted molar refractivity (Wildman–Crippen MR) is 85.2 cm³/mol. The summed E-state index contributed by atoms with van der Waals surface area (Å²) in [6.07, 6.45) is 4.71. The highest BCUT2D eigenvalue weighted by Gasteiger charge is 2.42. The molecule has 1 aliphatic carbocycles. The number of rotatable bonds is 3. The van der Waals surface area contributed by atoms with E-state index in [0.717, 1.165) is 23.2 Å². The van der Waals surface area contributed by atoms with E-state index in [1.54, 1.807) is 6.07 Å². The molecular weight excluding hydrogens is 277 g/mol. The Morgan fingerprint density at radius 1 is 1.14 bits per heavy atom. The van der Waals surface area contributed by atoms with E-state index in [-0.39, 0.29) is 5.82 Å². The van der Waals surface area contributed by atoms with Gasteiger partial charge in [0, 0.05) is 11.3 Å². The molecule has 1 saturated carbocycles. The molecule has 1 aliphatic heterocycles. The van der Waals surface area contributed by atoms with E-state index in [1.807, 2.05) is 24.3 Å². The van der Waals surface area contributed by atoms with Gasteiger partial charge in [0.15, 0.2) is 0 Å². The molecule has 4 rings (SSSR count). The first-order valence-electron chi connectivity index (χ1n) is 8.01. The lowest BCUT2D eigenvalue weighted by molar-refractivity contribution is -0.0408. The summed E-state index contributed by atoms with van der Waals surface area (Å²) < 4.78 is 20.2. The zero-order chi connectivity index (χ0) is 15.0. The average molecular weight is 297 g/mol. The largest absolute Gasteiger partial charge is 0.362 e. The molecule has 0 aromatic heterocycles. The third-order valence-corrected chi connectivity index (χ3v) is 5.04. The van der Waals surface area contributed by atoms with Gasteiger partial charge in [-0.1, -0.05) is 49.6 Å². The summed E-state index contributed by atoms with van der Waals surface area (Å²) in [6, 6.07) is 15.2. The number of benzene rings is 2. The Morgan fingerprint density at radius 2 is 1.95 bits per heavy atom. The molecule has 1 fully saturated rings. The molecule has 0 radical (unpaired) electrons. The monoisotopic (exact) mass is 297 g/mol. The van der Waals surface area contributed by atoms with Crippen LogP contribution in [0.4, 0.5) is 10.1 Å². The third-order valence-electron chi connectivity index (χ3n) is 5.04. The topological polar surface area (TPSA) is 21.3 Å². The van der Waals surface area contributed by atoms with Crippen LogP contribution in [0.3, 0.4) is 0 Å². The minimum absolute atomic E-state index is 0.208. The van der Waals surface area contributed by atoms with Gasteiger partial charge in [-0.25, -0.2) is 4.39 Å². The SMILES string of the molecule is Fc1ccc2c(c1)C(CC1CCC1)(c1ccccc1)OCN2. The van der Waals surface area contributed by atoms with Crippen molar-refractivity contribution < 1.29 is 9.13 Å². The van der Waals surface area contributed by atoms with Crippen LogP contribution in [0.15, 0.2) is 48.5 Å². The second-order valence-electron chi connectivity index (χ2n) is 6.35. The number of halogens is 1. The molecule has 0 spiro atoms. The number of hydrogen-bond acceptors (Lipinski definition) is 2. The molecule has 0 bridgehead atoms. The Bertz CT molecular complexity index is 668. The van der Waals surface area contributed by atoms with Crippen molar-refractivity contribution in [3.63, 3.8) is 0 Å². The second kappa shape index (κ2) is 5.40. The lowest BCUT2D eigenvalue weighted by Gasteiger charge is -2.43. The highest BCUT2D eigenvalue weighted by Crippen LogP contribution is 2.48. The van der Waals surface area contributed by atoms with Crippen LogP contribution in [-0.4, -0.2) is 6.73 Å². The smallest absolute Gasteiger partial charge is 0.123 e. The Balaban J connectivity index is 1.86. The van der Waals surface area contributed by atoms with E-state index in [4.69, 9.17) is 4.74 Å². The maximum Gasteiger partial charge on any atom is 0.123 e. The van der Waals surface area contributed by atoms with Gasteiger partial charge < -0.3 is 10.1 Å². The van der Waals surface area contributed by atoms with Gasteiger partial charge in [0.05, 0.1) is 0 Å². The fourth-order valence-electron chi connectivity index (χ4n) is 3.66. The van der Waals surface area contributed by atoms with Crippen molar-refractivity contribution >= 4 is 5.69 Å². The Kier molecular flexibility index (Phi) is 3.38. The van der Waals surface area contributed by atoms with Crippen molar-refractivity contribution in [3.8, 4) is 0 Å². The van der Waals surface area contributed by atoms with Crippen LogP contribution >= 0.6 is 0 Å². The standard InChI is InChI=1S/C19H20FNO/c20-16-9-10-18-17(11-16)19(22-13-21-18,12-14-5-4-6-14)15-7-2-1-3-8-15/h1-3,7-11,14,21H,4-6,12-13H2. The van der Waals surface area contributed by atoms with Crippen molar-refractivity contribution in [1.82, 2.24) is 0 Å². The molecule has 1 N–H and O–H groups in total. The lowest BCUT2D eigenvalue weighted by atomic mass is 9.71. The second-order valence-corrected chi connectivity index (χ2v) is 6.35. The van der Waals surface area contributed by atoms with E-state index < -0.39 is 5.60 Å². The van der Waals surface area contributed by atoms with Gasteiger partial charge >= 0.3 is 0 Å². The van der Waals surface area contributed by atoms with Gasteiger partial charge in [-0.2, -0.15) is 0 Å². The molecule has 3 heteroatoms. The minimum Gasteiger partial charge on any atom is -0.362 e. The predicted octanol–water partition coefficient (Wildman–Crippen LogP) is 4.66. The van der Waals surface area contributed by atoms with E-state index in [2.05, 4.69) is 17.4 Å². The van der Waals surface area contributed by atoms with Crippen LogP contribution < -0.4 is 5.32 Å². The van der Waals surface area contributed by atoms with Gasteiger partial charge in [-0.3, -0.25) is 0 Å². The van der Waals surface area contributed by atoms with Crippen LogP contribution in [0.25, 0.3) is 0 Å². The summed E-state index contributed by atoms with van der Waals surface area (Å²) in [5.74, 6) is 0.453. The van der Waals surface area contributed by atoms with Crippen LogP contribution in [0, 0.1) is 11.7 Å². The zero-order valence-electron chi connectivity index (χ0n) is 12.5. The molecule has 2 aliphatic rings. The van der Waals surface area contributed by atoms with Crippen molar-refractivity contribution in [2.45, 2.75) is 31.3 Å². The molecule has 2 aromatic rings. The molecule has 2 aromatic carbocycles. The third kappa shape index (κ3) is 2.20. The molecule has 22 heavy (non-hydrogen) atoms. The molecule has 0 saturated heterocycles. The van der Waals surface area contributed by atoms with E-state index in [9.17, 15) is 4.39 Å². The van der Waals surface area contributed by atoms with Crippen LogP contribution in [0.5, 0.6) is 0 Å². The summed E-state index contributed by atoms with van der Waals surface area (Å²) in [5.41, 5.74) is 2.50. The van der Waals surface area contributed by atoms with Gasteiger partial charge in [0.1, 0.15) is 18.1 Å². The fraction of sp³-hybridized carbons (Fsp3) is 0.368. The van der Waals surface area contributed by atoms with Crippen LogP contribution in [0.2, 0.25) is 0 Å². The summed E-state index contributed by atoms with van der Waals surface area (Å²) in [5, 5.41) is 3.23. The number of anilines is 1. The summed E-state index contributed by atoms with van der Waals surface area (Å²) in [6.45, 7) is 0.459. The Morgan fingerprint density at radius 3 is 2.68 bits per heavy atom. The number of ether oxygens (including phenoxy) is 1. The van der Waals surface area contributed by atoms with Crippen molar-refractivity contribution in [2.75, 3.05) is 12.0 Å². The molecular formula is C19H20FNO. The first-order chi connectivity index (χ1) is 10.8. The highest BCUT2D eigenvalue weighted by molar-refractivity contribution is 5.58. The van der Waals surface area contributed by atoms with Crippen molar-refractivity contribution in [3.05, 3.63) is 65.5 Å². The van der Waals surface area contributed by atoms with E-state index >= 15 is 0 Å². The van der Waals surface area contributed by atoms with Gasteiger partial charge in [0.25, 0.3) is 0 Å². The lowest BCUT2D eigenvalue weighted by Crippen LogP contribution is -2.40. The number of nitrogens with one attached hydrogen (secondary N) is 1. The zero-order valence-corrected chi connectivity index (χ0v) is 12.5. The van der Waals surface area contributed by atoms with Gasteiger partial charge in [0.2, 0.25) is 0 Å². The maximum atomic E-state index is 13.9. The highest BCUT2D eigenvalue weighted by atomic mass is 19.1.